The van der Waals surface area contributed by atoms with Gasteiger partial charge in [-0.2, -0.15) is 9.97 Å². The van der Waals surface area contributed by atoms with Gasteiger partial charge in [-0.05, 0) is 43.7 Å². The predicted octanol–water partition coefficient (Wildman–Crippen LogP) is 4.49. The molecular formula is C34H37F2N7O3. The highest BCUT2D eigenvalue weighted by Crippen LogP contribution is 2.36. The number of alkyl halides is 1. The molecule has 0 unspecified atom stereocenters. The molecule has 240 valence electrons. The first kappa shape index (κ1) is 30.4. The monoisotopic (exact) mass is 629 g/mol. The zero-order valence-electron chi connectivity index (χ0n) is 26.1. The van der Waals surface area contributed by atoms with Gasteiger partial charge < -0.3 is 19.3 Å². The number of anilines is 1. The van der Waals surface area contributed by atoms with Crippen molar-refractivity contribution < 1.29 is 23.0 Å². The van der Waals surface area contributed by atoms with Crippen LogP contribution in [0.2, 0.25) is 0 Å². The molecule has 3 fully saturated rings. The molecule has 2 bridgehead atoms. The molecule has 1 aromatic carbocycles. The summed E-state index contributed by atoms with van der Waals surface area (Å²) in [5.74, 6) is -0.261. The lowest BCUT2D eigenvalue weighted by atomic mass is 10.00. The molecular weight excluding hydrogens is 592 g/mol. The highest BCUT2D eigenvalue weighted by molar-refractivity contribution is 6.00. The summed E-state index contributed by atoms with van der Waals surface area (Å²) in [6.07, 6.45) is 8.50. The number of amides is 1. The summed E-state index contributed by atoms with van der Waals surface area (Å²) < 4.78 is 41.2. The maximum atomic E-state index is 16.6. The van der Waals surface area contributed by atoms with E-state index in [1.54, 1.807) is 30.4 Å². The smallest absolute Gasteiger partial charge is 0.319 e. The minimum absolute atomic E-state index is 0.0947. The van der Waals surface area contributed by atoms with E-state index >= 15 is 4.39 Å². The van der Waals surface area contributed by atoms with Crippen LogP contribution >= 0.6 is 0 Å². The Balaban J connectivity index is 1.20. The lowest BCUT2D eigenvalue weighted by Gasteiger charge is -2.36. The Kier molecular flexibility index (Phi) is 8.48. The average Bonchev–Trinajstić information content (AvgIpc) is 3.71. The Labute approximate surface area is 266 Å². The molecule has 3 aliphatic heterocycles. The zero-order valence-corrected chi connectivity index (χ0v) is 26.1. The quantitative estimate of drug-likeness (QED) is 0.196. The Morgan fingerprint density at radius 2 is 2.00 bits per heavy atom. The van der Waals surface area contributed by atoms with E-state index in [-0.39, 0.29) is 23.1 Å². The SMILES string of the molecule is C/C(=C\CF)C(=O)N1CCN(c2nc(OCCCN3C[C@@H]4C[C@H]3CO4)nc3c(F)c(-c4cncc5cccc(C)c45)ncc23)CC1. The minimum Gasteiger partial charge on any atom is -0.463 e. The summed E-state index contributed by atoms with van der Waals surface area (Å²) >= 11 is 0. The van der Waals surface area contributed by atoms with E-state index in [9.17, 15) is 9.18 Å². The van der Waals surface area contributed by atoms with Gasteiger partial charge in [0.15, 0.2) is 5.82 Å². The number of pyridine rings is 2. The molecule has 0 aliphatic carbocycles. The van der Waals surface area contributed by atoms with E-state index in [1.807, 2.05) is 30.0 Å². The molecule has 0 N–H and O–H groups in total. The van der Waals surface area contributed by atoms with Crippen molar-refractivity contribution >= 4 is 33.4 Å². The molecule has 10 nitrogen and oxygen atoms in total. The third-order valence-corrected chi connectivity index (χ3v) is 9.31. The van der Waals surface area contributed by atoms with Gasteiger partial charge >= 0.3 is 6.01 Å². The van der Waals surface area contributed by atoms with Crippen molar-refractivity contribution in [2.24, 2.45) is 0 Å². The maximum absolute atomic E-state index is 16.6. The van der Waals surface area contributed by atoms with Crippen LogP contribution in [0.1, 0.15) is 25.3 Å². The molecule has 4 aromatic rings. The molecule has 7 rings (SSSR count). The van der Waals surface area contributed by atoms with Gasteiger partial charge in [0.25, 0.3) is 0 Å². The molecule has 6 heterocycles. The van der Waals surface area contributed by atoms with Crippen molar-refractivity contribution in [3.05, 3.63) is 59.8 Å². The number of carbonyl (C=O) groups excluding carboxylic acids is 1. The van der Waals surface area contributed by atoms with Gasteiger partial charge in [0.2, 0.25) is 5.91 Å². The van der Waals surface area contributed by atoms with Gasteiger partial charge in [0, 0.05) is 80.4 Å². The third-order valence-electron chi connectivity index (χ3n) is 9.31. The second-order valence-electron chi connectivity index (χ2n) is 12.2. The number of aryl methyl sites for hydroxylation is 1. The van der Waals surface area contributed by atoms with E-state index in [0.717, 1.165) is 48.9 Å². The van der Waals surface area contributed by atoms with Crippen LogP contribution in [0.4, 0.5) is 14.6 Å². The van der Waals surface area contributed by atoms with E-state index in [0.29, 0.717) is 67.3 Å². The fourth-order valence-electron chi connectivity index (χ4n) is 6.88. The third kappa shape index (κ3) is 5.75. The lowest BCUT2D eigenvalue weighted by Crippen LogP contribution is -2.49. The van der Waals surface area contributed by atoms with Gasteiger partial charge in [-0.25, -0.2) is 8.78 Å². The number of hydrogen-bond acceptors (Lipinski definition) is 9. The average molecular weight is 630 g/mol. The van der Waals surface area contributed by atoms with Gasteiger partial charge in [0.05, 0.1) is 24.7 Å². The van der Waals surface area contributed by atoms with Crippen LogP contribution < -0.4 is 9.64 Å². The number of benzene rings is 1. The van der Waals surface area contributed by atoms with Crippen LogP contribution in [0, 0.1) is 12.7 Å². The molecule has 0 spiro atoms. The van der Waals surface area contributed by atoms with E-state index < -0.39 is 12.5 Å². The summed E-state index contributed by atoms with van der Waals surface area (Å²) in [6.45, 7) is 7.65. The number of allylic oxidation sites excluding steroid dienone is 1. The molecule has 3 aliphatic rings. The Morgan fingerprint density at radius 1 is 1.15 bits per heavy atom. The first-order valence-corrected chi connectivity index (χ1v) is 15.9. The molecule has 12 heteroatoms. The van der Waals surface area contributed by atoms with Crippen molar-refractivity contribution in [1.29, 1.82) is 0 Å². The van der Waals surface area contributed by atoms with Crippen LogP contribution in [-0.4, -0.2) is 107 Å². The molecule has 3 aromatic heterocycles. The van der Waals surface area contributed by atoms with Crippen LogP contribution in [-0.2, 0) is 9.53 Å². The largest absolute Gasteiger partial charge is 0.463 e. The second kappa shape index (κ2) is 12.8. The highest BCUT2D eigenvalue weighted by Gasteiger charge is 2.38. The summed E-state index contributed by atoms with van der Waals surface area (Å²) in [4.78, 5) is 37.2. The lowest BCUT2D eigenvalue weighted by molar-refractivity contribution is -0.127. The summed E-state index contributed by atoms with van der Waals surface area (Å²) in [7, 11) is 0. The number of rotatable bonds is 9. The first-order chi connectivity index (χ1) is 22.4. The molecule has 3 saturated heterocycles. The number of fused-ring (bicyclic) bond motifs is 4. The molecule has 0 radical (unpaired) electrons. The number of piperazine rings is 1. The number of nitrogens with zero attached hydrogens (tertiary/aromatic N) is 7. The number of ether oxygens (including phenoxy) is 2. The van der Waals surface area contributed by atoms with Gasteiger partial charge in [-0.3, -0.25) is 19.7 Å². The van der Waals surface area contributed by atoms with Crippen LogP contribution in [0.25, 0.3) is 32.9 Å². The minimum atomic E-state index is -0.685. The molecule has 46 heavy (non-hydrogen) atoms. The number of aromatic nitrogens is 4. The van der Waals surface area contributed by atoms with Crippen LogP contribution in [0.5, 0.6) is 6.01 Å². The molecule has 1 amide bonds. The maximum Gasteiger partial charge on any atom is 0.319 e. The predicted molar refractivity (Wildman–Crippen MR) is 171 cm³/mol. The number of hydrogen-bond donors (Lipinski definition) is 0. The molecule has 2 atom stereocenters. The Bertz CT molecular complexity index is 1810. The number of halogens is 2. The van der Waals surface area contributed by atoms with Crippen molar-refractivity contribution in [3.8, 4) is 17.3 Å². The van der Waals surface area contributed by atoms with Gasteiger partial charge in [-0.1, -0.05) is 18.2 Å². The fraction of sp³-hybridized carbons (Fsp3) is 0.441. The number of carbonyl (C=O) groups is 1. The highest BCUT2D eigenvalue weighted by atomic mass is 19.1. The standard InChI is InChI=1S/C34H37F2N7O3/c1-21-5-3-6-23-16-37-17-26(28(21)23)30-29(36)31-27(18-38-30)32(41-10-12-42(13-11-41)33(44)22(2)7-8-35)40-34(39-31)45-14-4-9-43-19-25-15-24(43)20-46-25/h3,5-7,16-18,24-25H,4,8-15,19-20H2,1-2H3/b22-7+/t24-,25-/m0/s1. The number of likely N-dealkylation sites (tertiary alicyclic amines) is 1. The topological polar surface area (TPSA) is 96.8 Å². The molecule has 0 saturated carbocycles. The van der Waals surface area contributed by atoms with Gasteiger partial charge in [0.1, 0.15) is 23.7 Å². The number of morpholine rings is 1. The first-order valence-electron chi connectivity index (χ1n) is 15.9. The van der Waals surface area contributed by atoms with E-state index in [2.05, 4.69) is 19.9 Å². The van der Waals surface area contributed by atoms with E-state index in [4.69, 9.17) is 14.5 Å². The van der Waals surface area contributed by atoms with Crippen molar-refractivity contribution in [2.45, 2.75) is 38.8 Å². The fourth-order valence-corrected chi connectivity index (χ4v) is 6.88. The van der Waals surface area contributed by atoms with E-state index in [1.165, 1.54) is 6.08 Å². The Hall–Kier alpha value is -4.29. The van der Waals surface area contributed by atoms with Crippen molar-refractivity contribution in [2.75, 3.05) is 64.1 Å². The Morgan fingerprint density at radius 3 is 2.76 bits per heavy atom. The zero-order chi connectivity index (χ0) is 31.8. The van der Waals surface area contributed by atoms with Crippen molar-refractivity contribution in [1.82, 2.24) is 29.7 Å². The van der Waals surface area contributed by atoms with Crippen LogP contribution in [0.15, 0.2) is 48.4 Å². The summed E-state index contributed by atoms with van der Waals surface area (Å²) in [6, 6.07) is 6.45. The second-order valence-corrected chi connectivity index (χ2v) is 12.2. The normalized spacial score (nSPS) is 20.3. The van der Waals surface area contributed by atoms with Gasteiger partial charge in [-0.15, -0.1) is 0 Å². The van der Waals surface area contributed by atoms with Crippen LogP contribution in [0.3, 0.4) is 0 Å². The summed E-state index contributed by atoms with van der Waals surface area (Å²) in [5.41, 5.74) is 2.23. The van der Waals surface area contributed by atoms with Crippen molar-refractivity contribution in [3.63, 3.8) is 0 Å². The summed E-state index contributed by atoms with van der Waals surface area (Å²) in [5, 5.41) is 2.24.